The SMILES string of the molecule is O=C(O)c1cc2cc3c(nc2cc1F)CCCC3. The van der Waals surface area contributed by atoms with Gasteiger partial charge < -0.3 is 5.11 Å². The summed E-state index contributed by atoms with van der Waals surface area (Å²) in [5, 5.41) is 9.61. The highest BCUT2D eigenvalue weighted by Crippen LogP contribution is 2.25. The van der Waals surface area contributed by atoms with E-state index in [2.05, 4.69) is 4.98 Å². The van der Waals surface area contributed by atoms with Gasteiger partial charge in [0.15, 0.2) is 0 Å². The molecule has 0 unspecified atom stereocenters. The zero-order valence-corrected chi connectivity index (χ0v) is 9.74. The zero-order valence-electron chi connectivity index (χ0n) is 9.74. The third kappa shape index (κ3) is 1.74. The topological polar surface area (TPSA) is 50.2 Å². The van der Waals surface area contributed by atoms with Crippen LogP contribution in [0.4, 0.5) is 4.39 Å². The standard InChI is InChI=1S/C14H12FNO2/c15-11-7-13-9(6-10(11)14(17)18)5-8-3-1-2-4-12(8)16-13/h5-7H,1-4H2,(H,17,18). The summed E-state index contributed by atoms with van der Waals surface area (Å²) in [6, 6.07) is 4.53. The predicted octanol–water partition coefficient (Wildman–Crippen LogP) is 2.95. The normalized spacial score (nSPS) is 14.5. The summed E-state index contributed by atoms with van der Waals surface area (Å²) in [5.41, 5.74) is 2.44. The predicted molar refractivity (Wildman–Crippen MR) is 65.3 cm³/mol. The largest absolute Gasteiger partial charge is 0.478 e. The second-order valence-electron chi connectivity index (χ2n) is 4.63. The first-order chi connectivity index (χ1) is 8.65. The lowest BCUT2D eigenvalue weighted by atomic mass is 9.94. The number of halogens is 1. The van der Waals surface area contributed by atoms with Crippen LogP contribution < -0.4 is 0 Å². The molecule has 0 bridgehead atoms. The minimum absolute atomic E-state index is 0.292. The van der Waals surface area contributed by atoms with Gasteiger partial charge in [-0.05, 0) is 43.4 Å². The molecule has 0 spiro atoms. The van der Waals surface area contributed by atoms with Crippen molar-refractivity contribution in [3.63, 3.8) is 0 Å². The number of pyridine rings is 1. The third-order valence-electron chi connectivity index (χ3n) is 3.41. The second kappa shape index (κ2) is 4.05. The van der Waals surface area contributed by atoms with E-state index in [1.54, 1.807) is 0 Å². The van der Waals surface area contributed by atoms with Crippen LogP contribution in [0.15, 0.2) is 18.2 Å². The fraction of sp³-hybridized carbons (Fsp3) is 0.286. The maximum absolute atomic E-state index is 13.6. The van der Waals surface area contributed by atoms with E-state index in [-0.39, 0.29) is 5.56 Å². The Hall–Kier alpha value is -1.97. The molecule has 0 fully saturated rings. The molecule has 0 aliphatic heterocycles. The van der Waals surface area contributed by atoms with Gasteiger partial charge in [0.05, 0.1) is 11.1 Å². The van der Waals surface area contributed by atoms with Gasteiger partial charge in [-0.2, -0.15) is 0 Å². The molecular formula is C14H12FNO2. The van der Waals surface area contributed by atoms with E-state index >= 15 is 0 Å². The van der Waals surface area contributed by atoms with Gasteiger partial charge in [-0.25, -0.2) is 9.18 Å². The first-order valence-corrected chi connectivity index (χ1v) is 6.00. The van der Waals surface area contributed by atoms with Gasteiger partial charge in [0.25, 0.3) is 0 Å². The molecule has 1 N–H and O–H groups in total. The van der Waals surface area contributed by atoms with Crippen LogP contribution in [0, 0.1) is 5.82 Å². The maximum atomic E-state index is 13.6. The number of nitrogens with zero attached hydrogens (tertiary/aromatic N) is 1. The summed E-state index contributed by atoms with van der Waals surface area (Å²) in [6.07, 6.45) is 4.14. The molecule has 1 aromatic heterocycles. The van der Waals surface area contributed by atoms with Crippen LogP contribution in [0.5, 0.6) is 0 Å². The van der Waals surface area contributed by atoms with Gasteiger partial charge in [0.2, 0.25) is 0 Å². The highest BCUT2D eigenvalue weighted by atomic mass is 19.1. The van der Waals surface area contributed by atoms with Crippen LogP contribution in [-0.4, -0.2) is 16.1 Å². The van der Waals surface area contributed by atoms with E-state index in [0.717, 1.165) is 36.9 Å². The number of carbonyl (C=O) groups is 1. The van der Waals surface area contributed by atoms with Gasteiger partial charge in [0.1, 0.15) is 5.82 Å². The van der Waals surface area contributed by atoms with E-state index < -0.39 is 11.8 Å². The molecule has 0 radical (unpaired) electrons. The molecule has 3 rings (SSSR count). The quantitative estimate of drug-likeness (QED) is 0.840. The second-order valence-corrected chi connectivity index (χ2v) is 4.63. The molecule has 2 aromatic rings. The Kier molecular flexibility index (Phi) is 2.51. The molecule has 18 heavy (non-hydrogen) atoms. The molecule has 0 saturated carbocycles. The van der Waals surface area contributed by atoms with E-state index in [0.29, 0.717) is 10.9 Å². The Morgan fingerprint density at radius 3 is 2.78 bits per heavy atom. The highest BCUT2D eigenvalue weighted by Gasteiger charge is 2.16. The molecule has 1 aliphatic carbocycles. The molecule has 0 saturated heterocycles. The van der Waals surface area contributed by atoms with Gasteiger partial charge in [-0.3, -0.25) is 4.98 Å². The number of rotatable bonds is 1. The molecule has 1 aliphatic rings. The number of carboxylic acids is 1. The summed E-state index contributed by atoms with van der Waals surface area (Å²) >= 11 is 0. The van der Waals surface area contributed by atoms with Gasteiger partial charge in [0, 0.05) is 17.1 Å². The molecule has 0 amide bonds. The zero-order chi connectivity index (χ0) is 12.7. The van der Waals surface area contributed by atoms with Crippen molar-refractivity contribution < 1.29 is 14.3 Å². The monoisotopic (exact) mass is 245 g/mol. The van der Waals surface area contributed by atoms with Crippen LogP contribution in [0.2, 0.25) is 0 Å². The minimum atomic E-state index is -1.24. The number of benzene rings is 1. The number of carboxylic acid groups (broad SMARTS) is 1. The van der Waals surface area contributed by atoms with Gasteiger partial charge >= 0.3 is 5.97 Å². The van der Waals surface area contributed by atoms with Crippen molar-refractivity contribution in [2.75, 3.05) is 0 Å². The minimum Gasteiger partial charge on any atom is -0.478 e. The molecular weight excluding hydrogens is 233 g/mol. The van der Waals surface area contributed by atoms with Crippen molar-refractivity contribution in [1.29, 1.82) is 0 Å². The molecule has 1 heterocycles. The summed E-state index contributed by atoms with van der Waals surface area (Å²) in [5.74, 6) is -1.97. The summed E-state index contributed by atoms with van der Waals surface area (Å²) in [7, 11) is 0. The molecule has 4 heteroatoms. The van der Waals surface area contributed by atoms with Crippen molar-refractivity contribution in [3.05, 3.63) is 40.8 Å². The number of hydrogen-bond acceptors (Lipinski definition) is 2. The maximum Gasteiger partial charge on any atom is 0.338 e. The van der Waals surface area contributed by atoms with Crippen LogP contribution in [0.1, 0.15) is 34.5 Å². The first kappa shape index (κ1) is 11.1. The van der Waals surface area contributed by atoms with Crippen LogP contribution in [0.3, 0.4) is 0 Å². The molecule has 3 nitrogen and oxygen atoms in total. The van der Waals surface area contributed by atoms with Crippen LogP contribution in [0.25, 0.3) is 10.9 Å². The average molecular weight is 245 g/mol. The fourth-order valence-corrected chi connectivity index (χ4v) is 2.48. The number of aromatic carboxylic acids is 1. The average Bonchev–Trinajstić information content (AvgIpc) is 2.35. The Bertz CT molecular complexity index is 652. The van der Waals surface area contributed by atoms with E-state index in [9.17, 15) is 9.18 Å². The van der Waals surface area contributed by atoms with E-state index in [1.165, 1.54) is 12.1 Å². The lowest BCUT2D eigenvalue weighted by Gasteiger charge is -2.15. The lowest BCUT2D eigenvalue weighted by molar-refractivity contribution is 0.0692. The molecule has 1 aromatic carbocycles. The Balaban J connectivity index is 2.25. The Labute approximate surface area is 103 Å². The number of aryl methyl sites for hydroxylation is 2. The van der Waals surface area contributed by atoms with Crippen LogP contribution in [-0.2, 0) is 12.8 Å². The molecule has 0 atom stereocenters. The van der Waals surface area contributed by atoms with E-state index in [1.807, 2.05) is 6.07 Å². The summed E-state index contributed by atoms with van der Waals surface area (Å²) < 4.78 is 13.6. The van der Waals surface area contributed by atoms with Crippen molar-refractivity contribution in [2.24, 2.45) is 0 Å². The number of aromatic nitrogens is 1. The van der Waals surface area contributed by atoms with Gasteiger partial charge in [-0.1, -0.05) is 0 Å². The van der Waals surface area contributed by atoms with Crippen molar-refractivity contribution in [3.8, 4) is 0 Å². The van der Waals surface area contributed by atoms with Crippen LogP contribution >= 0.6 is 0 Å². The Morgan fingerprint density at radius 1 is 1.22 bits per heavy atom. The van der Waals surface area contributed by atoms with Crippen molar-refractivity contribution >= 4 is 16.9 Å². The first-order valence-electron chi connectivity index (χ1n) is 6.00. The van der Waals surface area contributed by atoms with Crippen molar-refractivity contribution in [2.45, 2.75) is 25.7 Å². The number of fused-ring (bicyclic) bond motifs is 2. The smallest absolute Gasteiger partial charge is 0.338 e. The van der Waals surface area contributed by atoms with Gasteiger partial charge in [-0.15, -0.1) is 0 Å². The summed E-state index contributed by atoms with van der Waals surface area (Å²) in [6.45, 7) is 0. The van der Waals surface area contributed by atoms with E-state index in [4.69, 9.17) is 5.11 Å². The highest BCUT2D eigenvalue weighted by molar-refractivity contribution is 5.93. The lowest BCUT2D eigenvalue weighted by Crippen LogP contribution is -2.06. The fourth-order valence-electron chi connectivity index (χ4n) is 2.48. The third-order valence-corrected chi connectivity index (χ3v) is 3.41. The Morgan fingerprint density at radius 2 is 2.00 bits per heavy atom. The van der Waals surface area contributed by atoms with Crippen molar-refractivity contribution in [1.82, 2.24) is 4.98 Å². The number of hydrogen-bond donors (Lipinski definition) is 1. The summed E-state index contributed by atoms with van der Waals surface area (Å²) in [4.78, 5) is 15.3. The molecule has 92 valence electrons.